The molecule has 1 atom stereocenters. The molecule has 0 aromatic heterocycles. The topological polar surface area (TPSA) is 84.3 Å². The number of ether oxygens (including phenoxy) is 4. The van der Waals surface area contributed by atoms with E-state index in [4.69, 9.17) is 24.4 Å². The number of carbonyl (C=O) groups excluding carboxylic acids is 1. The molecule has 0 amide bonds. The van der Waals surface area contributed by atoms with Crippen LogP contribution < -0.4 is 19.1 Å². The van der Waals surface area contributed by atoms with Gasteiger partial charge in [-0.15, -0.1) is 0 Å². The Labute approximate surface area is 217 Å². The van der Waals surface area contributed by atoms with Crippen LogP contribution in [0.3, 0.4) is 0 Å². The highest BCUT2D eigenvalue weighted by Gasteiger charge is 2.37. The van der Waals surface area contributed by atoms with E-state index >= 15 is 4.39 Å². The number of nitrogens with one attached hydrogen (secondary N) is 1. The number of carbonyl (C=O) groups is 1. The summed E-state index contributed by atoms with van der Waals surface area (Å²) in [5, 5.41) is 8.86. The summed E-state index contributed by atoms with van der Waals surface area (Å²) < 4.78 is 38.2. The number of amidine groups is 1. The lowest BCUT2D eigenvalue weighted by atomic mass is 9.94. The average molecular weight is 514 g/mol. The van der Waals surface area contributed by atoms with Crippen LogP contribution in [0.1, 0.15) is 61.9 Å². The average Bonchev–Trinajstić information content (AvgIpc) is 3.22. The molecule has 9 heteroatoms. The number of hydrogen-bond donors (Lipinski definition) is 1. The maximum absolute atomic E-state index is 15.6. The van der Waals surface area contributed by atoms with Gasteiger partial charge >= 0.3 is 0 Å². The molecule has 0 radical (unpaired) electrons. The molecule has 4 rings (SSSR count). The fraction of sp³-hybridized carbons (Fsp3) is 0.500. The number of hydrogen-bond acceptors (Lipinski definition) is 7. The van der Waals surface area contributed by atoms with Gasteiger partial charge in [-0.25, -0.2) is 4.39 Å². The lowest BCUT2D eigenvalue weighted by molar-refractivity contribution is -0.111. The van der Waals surface area contributed by atoms with Crippen molar-refractivity contribution < 1.29 is 28.1 Å². The van der Waals surface area contributed by atoms with Crippen LogP contribution in [0.25, 0.3) is 0 Å². The molecule has 200 valence electrons. The van der Waals surface area contributed by atoms with Crippen molar-refractivity contribution in [3.8, 4) is 17.2 Å². The standard InChI is InChI=1S/C28H36FN3O5/c1-6-36-23-14-19-15-32(28(30)24(19)25(29)27(23)37-7-2)22(16-33)18-12-20(17(3)4)26(34-5)21(13-18)31-8-10-35-11-9-31/h12-14,16-17,22,30H,6-11,15H2,1-5H3. The molecule has 1 N–H and O–H groups in total. The highest BCUT2D eigenvalue weighted by atomic mass is 19.1. The minimum atomic E-state index is -0.784. The zero-order chi connectivity index (χ0) is 26.7. The number of methoxy groups -OCH3 is 1. The predicted molar refractivity (Wildman–Crippen MR) is 140 cm³/mol. The molecule has 2 aliphatic heterocycles. The molecule has 2 aromatic carbocycles. The molecule has 1 unspecified atom stereocenters. The van der Waals surface area contributed by atoms with Gasteiger partial charge in [0.1, 0.15) is 23.9 Å². The number of benzene rings is 2. The van der Waals surface area contributed by atoms with Crippen molar-refractivity contribution in [3.63, 3.8) is 0 Å². The minimum absolute atomic E-state index is 0.00139. The monoisotopic (exact) mass is 513 g/mol. The molecule has 0 bridgehead atoms. The van der Waals surface area contributed by atoms with Gasteiger partial charge in [0.05, 0.1) is 44.8 Å². The lowest BCUT2D eigenvalue weighted by Gasteiger charge is -2.33. The van der Waals surface area contributed by atoms with Crippen LogP contribution in [-0.2, 0) is 16.1 Å². The quantitative estimate of drug-likeness (QED) is 0.462. The highest BCUT2D eigenvalue weighted by Crippen LogP contribution is 2.43. The van der Waals surface area contributed by atoms with Gasteiger partial charge in [0.15, 0.2) is 17.3 Å². The van der Waals surface area contributed by atoms with Crippen LogP contribution in [0.2, 0.25) is 0 Å². The second kappa shape index (κ2) is 11.4. The summed E-state index contributed by atoms with van der Waals surface area (Å²) >= 11 is 0. The summed E-state index contributed by atoms with van der Waals surface area (Å²) in [6.45, 7) is 11.2. The number of halogens is 1. The summed E-state index contributed by atoms with van der Waals surface area (Å²) in [7, 11) is 1.66. The minimum Gasteiger partial charge on any atom is -0.494 e. The zero-order valence-corrected chi connectivity index (χ0v) is 22.2. The first kappa shape index (κ1) is 26.7. The van der Waals surface area contributed by atoms with E-state index in [9.17, 15) is 4.79 Å². The van der Waals surface area contributed by atoms with Crippen LogP contribution in [0.5, 0.6) is 17.2 Å². The third-order valence-electron chi connectivity index (χ3n) is 6.83. The van der Waals surface area contributed by atoms with E-state index in [1.54, 1.807) is 25.0 Å². The third kappa shape index (κ3) is 4.97. The van der Waals surface area contributed by atoms with Gasteiger partial charge in [0.2, 0.25) is 0 Å². The van der Waals surface area contributed by atoms with E-state index in [-0.39, 0.29) is 36.2 Å². The molecule has 8 nitrogen and oxygen atoms in total. The van der Waals surface area contributed by atoms with E-state index < -0.39 is 11.9 Å². The number of anilines is 1. The first-order chi connectivity index (χ1) is 17.9. The van der Waals surface area contributed by atoms with E-state index in [1.807, 2.05) is 19.1 Å². The van der Waals surface area contributed by atoms with Crippen molar-refractivity contribution >= 4 is 17.8 Å². The van der Waals surface area contributed by atoms with Crippen molar-refractivity contribution in [3.05, 3.63) is 46.3 Å². The zero-order valence-electron chi connectivity index (χ0n) is 22.2. The van der Waals surface area contributed by atoms with Crippen molar-refractivity contribution in [2.75, 3.05) is 51.5 Å². The van der Waals surface area contributed by atoms with Crippen molar-refractivity contribution in [2.24, 2.45) is 0 Å². The Balaban J connectivity index is 1.78. The molecule has 0 saturated carbocycles. The van der Waals surface area contributed by atoms with Gasteiger partial charge < -0.3 is 33.5 Å². The Kier molecular flexibility index (Phi) is 8.22. The summed E-state index contributed by atoms with van der Waals surface area (Å²) in [5.74, 6) is 0.531. The molecular weight excluding hydrogens is 477 g/mol. The molecule has 2 heterocycles. The Morgan fingerprint density at radius 3 is 2.41 bits per heavy atom. The van der Waals surface area contributed by atoms with Gasteiger partial charge in [-0.05, 0) is 54.7 Å². The van der Waals surface area contributed by atoms with Gasteiger partial charge in [-0.3, -0.25) is 5.41 Å². The summed E-state index contributed by atoms with van der Waals surface area (Å²) in [6.07, 6.45) is 0.820. The first-order valence-electron chi connectivity index (χ1n) is 12.8. The van der Waals surface area contributed by atoms with Gasteiger partial charge in [0.25, 0.3) is 0 Å². The normalized spacial score (nSPS) is 16.1. The smallest absolute Gasteiger partial charge is 0.197 e. The number of fused-ring (bicyclic) bond motifs is 1. The fourth-order valence-electron chi connectivity index (χ4n) is 5.08. The van der Waals surface area contributed by atoms with E-state index in [2.05, 4.69) is 18.7 Å². The molecule has 0 spiro atoms. The molecule has 2 aromatic rings. The molecule has 1 fully saturated rings. The van der Waals surface area contributed by atoms with Crippen LogP contribution in [0.4, 0.5) is 10.1 Å². The summed E-state index contributed by atoms with van der Waals surface area (Å²) in [6, 6.07) is 4.86. The molecule has 2 aliphatic rings. The first-order valence-corrected chi connectivity index (χ1v) is 12.8. The second-order valence-electron chi connectivity index (χ2n) is 9.39. The molecule has 1 saturated heterocycles. The van der Waals surface area contributed by atoms with Gasteiger partial charge in [-0.2, -0.15) is 0 Å². The largest absolute Gasteiger partial charge is 0.494 e. The third-order valence-corrected chi connectivity index (χ3v) is 6.83. The van der Waals surface area contributed by atoms with E-state index in [1.165, 1.54) is 0 Å². The van der Waals surface area contributed by atoms with Crippen LogP contribution in [-0.4, -0.2) is 63.6 Å². The Bertz CT molecular complexity index is 1160. The fourth-order valence-corrected chi connectivity index (χ4v) is 5.08. The Morgan fingerprint density at radius 1 is 1.11 bits per heavy atom. The summed E-state index contributed by atoms with van der Waals surface area (Å²) in [5.41, 5.74) is 3.33. The van der Waals surface area contributed by atoms with E-state index in [0.717, 1.165) is 28.8 Å². The van der Waals surface area contributed by atoms with Crippen molar-refractivity contribution in [2.45, 2.75) is 46.2 Å². The number of nitrogens with zero attached hydrogens (tertiary/aromatic N) is 2. The van der Waals surface area contributed by atoms with Crippen LogP contribution in [0, 0.1) is 11.2 Å². The maximum atomic E-state index is 15.6. The number of rotatable bonds is 10. The molecule has 37 heavy (non-hydrogen) atoms. The predicted octanol–water partition coefficient (Wildman–Crippen LogP) is 4.67. The number of aldehydes is 1. The Morgan fingerprint density at radius 2 is 1.81 bits per heavy atom. The van der Waals surface area contributed by atoms with E-state index in [0.29, 0.717) is 44.2 Å². The SMILES string of the molecule is CCOc1cc2c(c(F)c1OCC)C(=N)N(C(C=O)c1cc(C(C)C)c(OC)c(N3CCOCC3)c1)C2. The lowest BCUT2D eigenvalue weighted by Crippen LogP contribution is -2.37. The summed E-state index contributed by atoms with van der Waals surface area (Å²) in [4.78, 5) is 16.4. The van der Waals surface area contributed by atoms with Gasteiger partial charge in [0, 0.05) is 19.6 Å². The van der Waals surface area contributed by atoms with Crippen LogP contribution in [0.15, 0.2) is 18.2 Å². The molecule has 0 aliphatic carbocycles. The molecular formula is C28H36FN3O5. The second-order valence-corrected chi connectivity index (χ2v) is 9.39. The number of morpholine rings is 1. The Hall–Kier alpha value is -3.33. The van der Waals surface area contributed by atoms with Gasteiger partial charge in [-0.1, -0.05) is 13.8 Å². The van der Waals surface area contributed by atoms with Crippen LogP contribution >= 0.6 is 0 Å². The van der Waals surface area contributed by atoms with Crippen molar-refractivity contribution in [1.29, 1.82) is 5.41 Å². The maximum Gasteiger partial charge on any atom is 0.197 e. The highest BCUT2D eigenvalue weighted by molar-refractivity contribution is 6.02. The van der Waals surface area contributed by atoms with Crippen molar-refractivity contribution in [1.82, 2.24) is 4.90 Å².